The molecule has 1 unspecified atom stereocenters. The van der Waals surface area contributed by atoms with E-state index in [0.29, 0.717) is 27.0 Å². The highest BCUT2D eigenvalue weighted by atomic mass is 35.5. The van der Waals surface area contributed by atoms with Crippen LogP contribution in [-0.2, 0) is 0 Å². The molecule has 3 nitrogen and oxygen atoms in total. The predicted molar refractivity (Wildman–Crippen MR) is 73.9 cm³/mol. The molecule has 1 aromatic carbocycles. The Hall–Kier alpha value is -1.29. The first-order chi connectivity index (χ1) is 8.49. The number of pyridine rings is 1. The molecule has 3 N–H and O–H groups in total. The second-order valence-electron chi connectivity index (χ2n) is 4.06. The van der Waals surface area contributed by atoms with Crippen molar-refractivity contribution in [2.45, 2.75) is 13.0 Å². The summed E-state index contributed by atoms with van der Waals surface area (Å²) in [6.07, 6.45) is 0.733. The maximum atomic E-state index is 10.3. The molecule has 1 aromatic heterocycles. The average molecular weight is 283 g/mol. The van der Waals surface area contributed by atoms with Crippen LogP contribution < -0.4 is 5.73 Å². The van der Waals surface area contributed by atoms with Crippen LogP contribution in [0, 0.1) is 6.92 Å². The van der Waals surface area contributed by atoms with Gasteiger partial charge < -0.3 is 10.8 Å². The minimum absolute atomic E-state index is 0.291. The molecular formula is C13H12Cl2N2O. The van der Waals surface area contributed by atoms with E-state index >= 15 is 0 Å². The third-order valence-corrected chi connectivity index (χ3v) is 3.20. The van der Waals surface area contributed by atoms with Gasteiger partial charge in [-0.2, -0.15) is 0 Å². The van der Waals surface area contributed by atoms with Crippen LogP contribution in [0.4, 0.5) is 5.82 Å². The number of benzene rings is 1. The van der Waals surface area contributed by atoms with E-state index in [0.717, 1.165) is 5.56 Å². The maximum Gasteiger partial charge on any atom is 0.129 e. The summed E-state index contributed by atoms with van der Waals surface area (Å²) in [6.45, 7) is 1.88. The number of aliphatic hydroxyl groups is 1. The molecule has 2 aromatic rings. The molecule has 0 fully saturated rings. The SMILES string of the molecule is Cc1cnc(N)c(C(O)c2ccc(Cl)cc2Cl)c1. The number of nitrogens with zero attached hydrogens (tertiary/aromatic N) is 1. The Bertz CT molecular complexity index is 587. The lowest BCUT2D eigenvalue weighted by Gasteiger charge is -2.15. The molecule has 5 heteroatoms. The molecule has 0 saturated carbocycles. The van der Waals surface area contributed by atoms with Gasteiger partial charge >= 0.3 is 0 Å². The number of hydrogen-bond donors (Lipinski definition) is 2. The topological polar surface area (TPSA) is 59.1 Å². The molecule has 0 radical (unpaired) electrons. The van der Waals surface area contributed by atoms with E-state index in [1.807, 2.05) is 6.92 Å². The van der Waals surface area contributed by atoms with E-state index in [-0.39, 0.29) is 0 Å². The third-order valence-electron chi connectivity index (χ3n) is 2.64. The molecule has 0 amide bonds. The van der Waals surface area contributed by atoms with Gasteiger partial charge in [0.15, 0.2) is 0 Å². The molecule has 18 heavy (non-hydrogen) atoms. The summed E-state index contributed by atoms with van der Waals surface area (Å²) in [5.74, 6) is 0.291. The van der Waals surface area contributed by atoms with Crippen LogP contribution in [0.1, 0.15) is 22.8 Å². The minimum Gasteiger partial charge on any atom is -0.383 e. The summed E-state index contributed by atoms with van der Waals surface area (Å²) in [6, 6.07) is 6.72. The average Bonchev–Trinajstić information content (AvgIpc) is 2.31. The van der Waals surface area contributed by atoms with Crippen molar-refractivity contribution in [2.24, 2.45) is 0 Å². The summed E-state index contributed by atoms with van der Waals surface area (Å²) < 4.78 is 0. The molecule has 1 atom stereocenters. The van der Waals surface area contributed by atoms with Gasteiger partial charge in [-0.05, 0) is 30.7 Å². The predicted octanol–water partition coefficient (Wildman–Crippen LogP) is 3.36. The fourth-order valence-corrected chi connectivity index (χ4v) is 2.22. The first-order valence-electron chi connectivity index (χ1n) is 5.34. The highest BCUT2D eigenvalue weighted by Gasteiger charge is 2.17. The van der Waals surface area contributed by atoms with Gasteiger partial charge in [-0.3, -0.25) is 0 Å². The van der Waals surface area contributed by atoms with Crippen molar-refractivity contribution in [1.82, 2.24) is 4.98 Å². The number of rotatable bonds is 2. The number of halogens is 2. The van der Waals surface area contributed by atoms with Crippen molar-refractivity contribution >= 4 is 29.0 Å². The van der Waals surface area contributed by atoms with Crippen LogP contribution in [0.2, 0.25) is 10.0 Å². The number of aliphatic hydroxyl groups excluding tert-OH is 1. The lowest BCUT2D eigenvalue weighted by atomic mass is 10.0. The Morgan fingerprint density at radius 1 is 1.22 bits per heavy atom. The van der Waals surface area contributed by atoms with Gasteiger partial charge in [0.1, 0.15) is 11.9 Å². The largest absolute Gasteiger partial charge is 0.383 e. The number of nitrogen functional groups attached to an aromatic ring is 1. The van der Waals surface area contributed by atoms with E-state index in [4.69, 9.17) is 28.9 Å². The number of nitrogens with two attached hydrogens (primary N) is 1. The first kappa shape index (κ1) is 13.1. The molecule has 0 saturated heterocycles. The van der Waals surface area contributed by atoms with Crippen LogP contribution in [0.25, 0.3) is 0 Å². The zero-order chi connectivity index (χ0) is 13.3. The minimum atomic E-state index is -0.915. The fourth-order valence-electron chi connectivity index (χ4n) is 1.71. The van der Waals surface area contributed by atoms with Crippen molar-refractivity contribution < 1.29 is 5.11 Å². The molecule has 0 aliphatic carbocycles. The van der Waals surface area contributed by atoms with Crippen molar-refractivity contribution in [1.29, 1.82) is 0 Å². The summed E-state index contributed by atoms with van der Waals surface area (Å²) in [4.78, 5) is 4.02. The van der Waals surface area contributed by atoms with E-state index in [2.05, 4.69) is 4.98 Å². The molecule has 0 aliphatic heterocycles. The van der Waals surface area contributed by atoms with E-state index < -0.39 is 6.10 Å². The monoisotopic (exact) mass is 282 g/mol. The summed E-state index contributed by atoms with van der Waals surface area (Å²) >= 11 is 11.9. The quantitative estimate of drug-likeness (QED) is 0.888. The van der Waals surface area contributed by atoms with E-state index in [1.54, 1.807) is 30.5 Å². The summed E-state index contributed by atoms with van der Waals surface area (Å²) in [5.41, 5.74) is 7.78. The van der Waals surface area contributed by atoms with Crippen LogP contribution in [0.15, 0.2) is 30.5 Å². The van der Waals surface area contributed by atoms with Gasteiger partial charge in [-0.1, -0.05) is 29.3 Å². The number of aryl methyl sites for hydroxylation is 1. The molecule has 0 spiro atoms. The molecule has 1 heterocycles. The van der Waals surface area contributed by atoms with Gasteiger partial charge in [0, 0.05) is 27.4 Å². The number of hydrogen-bond acceptors (Lipinski definition) is 3. The van der Waals surface area contributed by atoms with E-state index in [9.17, 15) is 5.11 Å². The van der Waals surface area contributed by atoms with Crippen molar-refractivity contribution in [3.05, 3.63) is 57.2 Å². The van der Waals surface area contributed by atoms with Gasteiger partial charge in [-0.25, -0.2) is 4.98 Å². The Balaban J connectivity index is 2.47. The van der Waals surface area contributed by atoms with Crippen molar-refractivity contribution in [3.63, 3.8) is 0 Å². The maximum absolute atomic E-state index is 10.3. The van der Waals surface area contributed by atoms with Crippen LogP contribution >= 0.6 is 23.2 Å². The van der Waals surface area contributed by atoms with Gasteiger partial charge in [0.05, 0.1) is 0 Å². The number of aromatic nitrogens is 1. The highest BCUT2D eigenvalue weighted by molar-refractivity contribution is 6.35. The normalized spacial score (nSPS) is 12.4. The summed E-state index contributed by atoms with van der Waals surface area (Å²) in [5, 5.41) is 11.2. The Kier molecular flexibility index (Phi) is 3.76. The Labute approximate surface area is 115 Å². The van der Waals surface area contributed by atoms with Crippen LogP contribution in [0.3, 0.4) is 0 Å². The van der Waals surface area contributed by atoms with Crippen LogP contribution in [-0.4, -0.2) is 10.1 Å². The van der Waals surface area contributed by atoms with Gasteiger partial charge in [-0.15, -0.1) is 0 Å². The lowest BCUT2D eigenvalue weighted by Crippen LogP contribution is -2.06. The van der Waals surface area contributed by atoms with Gasteiger partial charge in [0.2, 0.25) is 0 Å². The standard InChI is InChI=1S/C13H12Cl2N2O/c1-7-4-10(13(16)17-6-7)12(18)9-3-2-8(14)5-11(9)15/h2-6,12,18H,1H3,(H2,16,17). The fraction of sp³-hybridized carbons (Fsp3) is 0.154. The molecule has 94 valence electrons. The Morgan fingerprint density at radius 2 is 1.94 bits per heavy atom. The molecular weight excluding hydrogens is 271 g/mol. The first-order valence-corrected chi connectivity index (χ1v) is 6.09. The zero-order valence-electron chi connectivity index (χ0n) is 9.69. The lowest BCUT2D eigenvalue weighted by molar-refractivity contribution is 0.221. The van der Waals surface area contributed by atoms with Gasteiger partial charge in [0.25, 0.3) is 0 Å². The van der Waals surface area contributed by atoms with E-state index in [1.165, 1.54) is 0 Å². The second-order valence-corrected chi connectivity index (χ2v) is 4.90. The highest BCUT2D eigenvalue weighted by Crippen LogP contribution is 2.32. The van der Waals surface area contributed by atoms with Crippen LogP contribution in [0.5, 0.6) is 0 Å². The smallest absolute Gasteiger partial charge is 0.129 e. The van der Waals surface area contributed by atoms with Crippen molar-refractivity contribution in [3.8, 4) is 0 Å². The summed E-state index contributed by atoms with van der Waals surface area (Å²) in [7, 11) is 0. The molecule has 2 rings (SSSR count). The van der Waals surface area contributed by atoms with Crippen molar-refractivity contribution in [2.75, 3.05) is 5.73 Å². The molecule has 0 bridgehead atoms. The third kappa shape index (κ3) is 2.58. The number of anilines is 1. The second kappa shape index (κ2) is 5.14. The Morgan fingerprint density at radius 3 is 2.61 bits per heavy atom. The molecule has 0 aliphatic rings. The zero-order valence-corrected chi connectivity index (χ0v) is 11.2.